The van der Waals surface area contributed by atoms with E-state index in [2.05, 4.69) is 6.07 Å². The number of esters is 1. The number of fused-ring (bicyclic) bond motifs is 1. The maximum absolute atomic E-state index is 12.8. The molecule has 0 aliphatic carbocycles. The second-order valence-electron chi connectivity index (χ2n) is 8.14. The van der Waals surface area contributed by atoms with Crippen LogP contribution in [-0.2, 0) is 20.7 Å². The molecule has 0 bridgehead atoms. The molecule has 6 nitrogen and oxygen atoms in total. The van der Waals surface area contributed by atoms with Crippen molar-refractivity contribution >= 4 is 12.1 Å². The summed E-state index contributed by atoms with van der Waals surface area (Å²) in [5.74, 6) is -0.332. The molecule has 0 spiro atoms. The van der Waals surface area contributed by atoms with Crippen molar-refractivity contribution in [2.24, 2.45) is 0 Å². The highest BCUT2D eigenvalue weighted by molar-refractivity contribution is 5.74. The molecule has 0 saturated heterocycles. The van der Waals surface area contributed by atoms with Gasteiger partial charge in [0, 0.05) is 6.54 Å². The van der Waals surface area contributed by atoms with Crippen LogP contribution >= 0.6 is 0 Å². The normalized spacial score (nSPS) is 16.1. The largest absolute Gasteiger partial charge is 0.466 e. The molecule has 1 aromatic rings. The van der Waals surface area contributed by atoms with Crippen molar-refractivity contribution in [3.8, 4) is 6.07 Å². The Bertz CT molecular complexity index is 774. The number of amides is 1. The smallest absolute Gasteiger partial charge is 0.410 e. The van der Waals surface area contributed by atoms with Gasteiger partial charge in [0.15, 0.2) is 0 Å². The molecule has 1 heterocycles. The number of nitrogens with zero attached hydrogens (tertiary/aromatic N) is 2. The number of carbonyl (C=O) groups is 2. The highest BCUT2D eigenvalue weighted by Gasteiger charge is 2.36. The van der Waals surface area contributed by atoms with Crippen LogP contribution < -0.4 is 0 Å². The summed E-state index contributed by atoms with van der Waals surface area (Å²) in [6.45, 7) is 10.2. The summed E-state index contributed by atoms with van der Waals surface area (Å²) in [7, 11) is 0. The van der Waals surface area contributed by atoms with E-state index in [-0.39, 0.29) is 12.4 Å². The number of ether oxygens (including phenoxy) is 2. The lowest BCUT2D eigenvalue weighted by atomic mass is 9.86. The molecule has 1 aromatic carbocycles. The first-order valence-electron chi connectivity index (χ1n) is 9.85. The van der Waals surface area contributed by atoms with Crippen molar-refractivity contribution in [2.75, 3.05) is 13.2 Å². The van der Waals surface area contributed by atoms with Crippen LogP contribution in [0.4, 0.5) is 4.79 Å². The Balaban J connectivity index is 2.33. The molecule has 1 aliphatic heterocycles. The van der Waals surface area contributed by atoms with Crippen molar-refractivity contribution in [1.82, 2.24) is 4.90 Å². The van der Waals surface area contributed by atoms with E-state index in [0.717, 1.165) is 29.5 Å². The molecule has 0 N–H and O–H groups in total. The minimum absolute atomic E-state index is 0.0707. The van der Waals surface area contributed by atoms with Crippen molar-refractivity contribution in [2.45, 2.75) is 71.9 Å². The average molecular weight is 386 g/mol. The van der Waals surface area contributed by atoms with Crippen molar-refractivity contribution in [1.29, 1.82) is 5.26 Å². The molecule has 0 saturated carbocycles. The SMILES string of the molecule is CCCCOC(=O)CC1c2ccc(C#N)c(C)c2CCN1C(=O)OC(C)(C)C. The summed E-state index contributed by atoms with van der Waals surface area (Å²) in [6, 6.07) is 5.35. The highest BCUT2D eigenvalue weighted by atomic mass is 16.6. The average Bonchev–Trinajstić information content (AvgIpc) is 2.61. The Kier molecular flexibility index (Phi) is 7.06. The summed E-state index contributed by atoms with van der Waals surface area (Å²) in [5, 5.41) is 9.31. The number of unbranched alkanes of at least 4 members (excludes halogenated alkanes) is 1. The second kappa shape index (κ2) is 9.09. The molecule has 28 heavy (non-hydrogen) atoms. The third kappa shape index (κ3) is 5.25. The van der Waals surface area contributed by atoms with Gasteiger partial charge in [0.25, 0.3) is 0 Å². The van der Waals surface area contributed by atoms with Crippen LogP contribution in [0.5, 0.6) is 0 Å². The van der Waals surface area contributed by atoms with Gasteiger partial charge < -0.3 is 14.4 Å². The molecule has 2 rings (SSSR count). The third-order valence-electron chi connectivity index (χ3n) is 4.84. The standard InChI is InChI=1S/C22H30N2O4/c1-6-7-12-27-20(25)13-19-18-9-8-16(14-23)15(2)17(18)10-11-24(19)21(26)28-22(3,4)5/h8-9,19H,6-7,10-13H2,1-5H3. The van der Waals surface area contributed by atoms with E-state index in [1.165, 1.54) is 0 Å². The van der Waals surface area contributed by atoms with Crippen molar-refractivity contribution < 1.29 is 19.1 Å². The maximum atomic E-state index is 12.8. The van der Waals surface area contributed by atoms with Crippen molar-refractivity contribution in [3.05, 3.63) is 34.4 Å². The summed E-state index contributed by atoms with van der Waals surface area (Å²) in [6.07, 6.45) is 2.01. The number of rotatable bonds is 5. The van der Waals surface area contributed by atoms with Crippen molar-refractivity contribution in [3.63, 3.8) is 0 Å². The lowest BCUT2D eigenvalue weighted by Gasteiger charge is -2.38. The van der Waals surface area contributed by atoms with E-state index < -0.39 is 17.7 Å². The molecule has 0 radical (unpaired) electrons. The van der Waals surface area contributed by atoms with Crippen LogP contribution in [0.1, 0.15) is 75.3 Å². The second-order valence-corrected chi connectivity index (χ2v) is 8.14. The van der Waals surface area contributed by atoms with E-state index in [4.69, 9.17) is 9.47 Å². The van der Waals surface area contributed by atoms with Gasteiger partial charge in [-0.15, -0.1) is 0 Å². The maximum Gasteiger partial charge on any atom is 0.410 e. The van der Waals surface area contributed by atoms with Crippen LogP contribution in [-0.4, -0.2) is 35.7 Å². The molecular weight excluding hydrogens is 356 g/mol. The summed E-state index contributed by atoms with van der Waals surface area (Å²) in [5.41, 5.74) is 2.83. The summed E-state index contributed by atoms with van der Waals surface area (Å²) in [4.78, 5) is 26.8. The van der Waals surface area contributed by atoms with Gasteiger partial charge in [-0.25, -0.2) is 4.79 Å². The molecule has 0 aromatic heterocycles. The zero-order valence-corrected chi connectivity index (χ0v) is 17.5. The number of carbonyl (C=O) groups excluding carboxylic acids is 2. The van der Waals surface area contributed by atoms with E-state index in [9.17, 15) is 14.9 Å². The summed E-state index contributed by atoms with van der Waals surface area (Å²) >= 11 is 0. The predicted molar refractivity (Wildman–Crippen MR) is 106 cm³/mol. The lowest BCUT2D eigenvalue weighted by Crippen LogP contribution is -2.44. The molecule has 1 aliphatic rings. The quantitative estimate of drug-likeness (QED) is 0.552. The first-order valence-corrected chi connectivity index (χ1v) is 9.85. The van der Waals surface area contributed by atoms with E-state index in [0.29, 0.717) is 25.1 Å². The van der Waals surface area contributed by atoms with Gasteiger partial charge in [-0.05, 0) is 63.3 Å². The topological polar surface area (TPSA) is 79.6 Å². The van der Waals surface area contributed by atoms with Crippen LogP contribution in [0.25, 0.3) is 0 Å². The number of hydrogen-bond donors (Lipinski definition) is 0. The molecule has 0 fully saturated rings. The number of hydrogen-bond acceptors (Lipinski definition) is 5. The molecule has 6 heteroatoms. The van der Waals surface area contributed by atoms with Gasteiger partial charge >= 0.3 is 12.1 Å². The minimum atomic E-state index is -0.621. The summed E-state index contributed by atoms with van der Waals surface area (Å²) < 4.78 is 10.9. The lowest BCUT2D eigenvalue weighted by molar-refractivity contribution is -0.145. The zero-order chi connectivity index (χ0) is 20.9. The van der Waals surface area contributed by atoms with Crippen LogP contribution in [0.2, 0.25) is 0 Å². The van der Waals surface area contributed by atoms with E-state index in [1.54, 1.807) is 11.0 Å². The molecule has 1 unspecified atom stereocenters. The molecular formula is C22H30N2O4. The first kappa shape index (κ1) is 21.7. The van der Waals surface area contributed by atoms with Gasteiger partial charge in [-0.3, -0.25) is 4.79 Å². The zero-order valence-electron chi connectivity index (χ0n) is 17.5. The molecule has 152 valence electrons. The fourth-order valence-electron chi connectivity index (χ4n) is 3.41. The van der Waals surface area contributed by atoms with Crippen LogP contribution in [0, 0.1) is 18.3 Å². The fourth-order valence-corrected chi connectivity index (χ4v) is 3.41. The highest BCUT2D eigenvalue weighted by Crippen LogP contribution is 2.36. The predicted octanol–water partition coefficient (Wildman–Crippen LogP) is 4.43. The Labute approximate surface area is 167 Å². The van der Waals surface area contributed by atoms with E-state index >= 15 is 0 Å². The third-order valence-corrected chi connectivity index (χ3v) is 4.84. The monoisotopic (exact) mass is 386 g/mol. The van der Waals surface area contributed by atoms with Gasteiger partial charge in [0.1, 0.15) is 5.60 Å². The van der Waals surface area contributed by atoms with E-state index in [1.807, 2.05) is 40.7 Å². The van der Waals surface area contributed by atoms with Gasteiger partial charge in [-0.1, -0.05) is 19.4 Å². The molecule has 1 amide bonds. The first-order chi connectivity index (χ1) is 13.2. The molecule has 1 atom stereocenters. The number of nitriles is 1. The number of benzene rings is 1. The Morgan fingerprint density at radius 1 is 1.32 bits per heavy atom. The Morgan fingerprint density at radius 3 is 2.64 bits per heavy atom. The minimum Gasteiger partial charge on any atom is -0.466 e. The van der Waals surface area contributed by atoms with Gasteiger partial charge in [-0.2, -0.15) is 5.26 Å². The van der Waals surface area contributed by atoms with Crippen LogP contribution in [0.3, 0.4) is 0 Å². The van der Waals surface area contributed by atoms with Gasteiger partial charge in [0.05, 0.1) is 30.7 Å². The fraction of sp³-hybridized carbons (Fsp3) is 0.591. The Morgan fingerprint density at radius 2 is 2.04 bits per heavy atom. The van der Waals surface area contributed by atoms with Crippen LogP contribution in [0.15, 0.2) is 12.1 Å². The van der Waals surface area contributed by atoms with Gasteiger partial charge in [0.2, 0.25) is 0 Å². The Hall–Kier alpha value is -2.55.